The lowest BCUT2D eigenvalue weighted by molar-refractivity contribution is -0.137. The first kappa shape index (κ1) is 22.8. The van der Waals surface area contributed by atoms with Crippen LogP contribution in [0.2, 0.25) is 0 Å². The molecule has 0 radical (unpaired) electrons. The van der Waals surface area contributed by atoms with E-state index in [4.69, 9.17) is 9.47 Å². The summed E-state index contributed by atoms with van der Waals surface area (Å²) in [5.41, 5.74) is 3.14. The Balaban J connectivity index is 1.61. The normalized spacial score (nSPS) is 17.0. The van der Waals surface area contributed by atoms with Gasteiger partial charge in [0.25, 0.3) is 11.8 Å². The first-order valence-corrected chi connectivity index (χ1v) is 11.1. The zero-order valence-electron chi connectivity index (χ0n) is 19.3. The molecule has 2 aliphatic heterocycles. The molecule has 8 nitrogen and oxygen atoms in total. The second-order valence-corrected chi connectivity index (χ2v) is 8.26. The molecule has 0 bridgehead atoms. The van der Waals surface area contributed by atoms with Crippen LogP contribution < -0.4 is 15.0 Å². The van der Waals surface area contributed by atoms with E-state index in [1.54, 1.807) is 19.2 Å². The lowest BCUT2D eigenvalue weighted by Crippen LogP contribution is -2.43. The number of nitrogens with one attached hydrogen (secondary N) is 1. The zero-order valence-corrected chi connectivity index (χ0v) is 19.3. The molecular formula is C25H30N4O4. The molecular weight excluding hydrogens is 420 g/mol. The standard InChI is InChI=1S/C25H30N4O4/c1-27(2)20-8-6-19(7-9-20)26-23-22(18-4-10-21(32-3)11-5-18)24(30)29(25(23)31)13-12-28-14-16-33-17-15-28/h4-11,26H,12-17H2,1-3H3. The fraction of sp³-hybridized carbons (Fsp3) is 0.360. The summed E-state index contributed by atoms with van der Waals surface area (Å²) in [7, 11) is 5.53. The lowest BCUT2D eigenvalue weighted by Gasteiger charge is -2.28. The van der Waals surface area contributed by atoms with Crippen LogP contribution in [0.15, 0.2) is 54.2 Å². The molecule has 0 atom stereocenters. The molecule has 1 saturated heterocycles. The Morgan fingerprint density at radius 3 is 2.21 bits per heavy atom. The second kappa shape index (κ2) is 10.1. The quantitative estimate of drug-likeness (QED) is 0.619. The Bertz CT molecular complexity index is 1030. The summed E-state index contributed by atoms with van der Waals surface area (Å²) in [6.45, 7) is 3.92. The highest BCUT2D eigenvalue weighted by Gasteiger charge is 2.39. The number of ether oxygens (including phenoxy) is 2. The van der Waals surface area contributed by atoms with Crippen LogP contribution in [0.5, 0.6) is 5.75 Å². The van der Waals surface area contributed by atoms with Gasteiger partial charge in [-0.2, -0.15) is 0 Å². The van der Waals surface area contributed by atoms with Crippen LogP contribution in [0.3, 0.4) is 0 Å². The van der Waals surface area contributed by atoms with Gasteiger partial charge in [0, 0.05) is 51.6 Å². The van der Waals surface area contributed by atoms with Crippen molar-refractivity contribution < 1.29 is 19.1 Å². The summed E-state index contributed by atoms with van der Waals surface area (Å²) in [6.07, 6.45) is 0. The van der Waals surface area contributed by atoms with Crippen molar-refractivity contribution >= 4 is 28.8 Å². The summed E-state index contributed by atoms with van der Waals surface area (Å²) in [6, 6.07) is 14.9. The van der Waals surface area contributed by atoms with E-state index in [1.165, 1.54) is 4.90 Å². The molecule has 1 N–H and O–H groups in total. The van der Waals surface area contributed by atoms with Crippen LogP contribution in [0, 0.1) is 0 Å². The number of nitrogens with zero attached hydrogens (tertiary/aromatic N) is 3. The van der Waals surface area contributed by atoms with E-state index >= 15 is 0 Å². The van der Waals surface area contributed by atoms with Gasteiger partial charge in [-0.1, -0.05) is 12.1 Å². The van der Waals surface area contributed by atoms with Crippen molar-refractivity contribution in [1.82, 2.24) is 9.80 Å². The molecule has 33 heavy (non-hydrogen) atoms. The number of carbonyl (C=O) groups is 2. The van der Waals surface area contributed by atoms with Crippen molar-refractivity contribution in [1.29, 1.82) is 0 Å². The van der Waals surface area contributed by atoms with Crippen molar-refractivity contribution in [2.45, 2.75) is 0 Å². The van der Waals surface area contributed by atoms with Gasteiger partial charge in [0.1, 0.15) is 11.4 Å². The summed E-state index contributed by atoms with van der Waals surface area (Å²) >= 11 is 0. The van der Waals surface area contributed by atoms with E-state index in [0.29, 0.717) is 48.9 Å². The minimum absolute atomic E-state index is 0.286. The van der Waals surface area contributed by atoms with Crippen molar-refractivity contribution in [3.05, 3.63) is 59.8 Å². The summed E-state index contributed by atoms with van der Waals surface area (Å²) in [5, 5.41) is 3.22. The molecule has 2 heterocycles. The topological polar surface area (TPSA) is 74.3 Å². The summed E-state index contributed by atoms with van der Waals surface area (Å²) < 4.78 is 10.6. The molecule has 2 aliphatic rings. The maximum Gasteiger partial charge on any atom is 0.278 e. The van der Waals surface area contributed by atoms with Crippen LogP contribution in [0.1, 0.15) is 5.56 Å². The van der Waals surface area contributed by atoms with Crippen LogP contribution in [-0.4, -0.2) is 82.2 Å². The van der Waals surface area contributed by atoms with Crippen LogP contribution in [0.4, 0.5) is 11.4 Å². The highest BCUT2D eigenvalue weighted by molar-refractivity contribution is 6.36. The third-order valence-corrected chi connectivity index (χ3v) is 5.94. The average Bonchev–Trinajstić information content (AvgIpc) is 3.07. The second-order valence-electron chi connectivity index (χ2n) is 8.26. The van der Waals surface area contributed by atoms with Gasteiger partial charge in [-0.15, -0.1) is 0 Å². The Kier molecular flexibility index (Phi) is 6.96. The minimum atomic E-state index is -0.309. The number of carbonyl (C=O) groups excluding carboxylic acids is 2. The van der Waals surface area contributed by atoms with Gasteiger partial charge in [0.2, 0.25) is 0 Å². The summed E-state index contributed by atoms with van der Waals surface area (Å²) in [4.78, 5) is 32.4. The number of morpholine rings is 1. The molecule has 0 unspecified atom stereocenters. The number of rotatable bonds is 8. The molecule has 2 amide bonds. The largest absolute Gasteiger partial charge is 0.497 e. The van der Waals surface area contributed by atoms with Crippen molar-refractivity contribution in [2.75, 3.05) is 70.8 Å². The molecule has 174 valence electrons. The van der Waals surface area contributed by atoms with Gasteiger partial charge in [0.15, 0.2) is 0 Å². The number of hydrogen-bond donors (Lipinski definition) is 1. The molecule has 0 aliphatic carbocycles. The van der Waals surface area contributed by atoms with Gasteiger partial charge < -0.3 is 19.7 Å². The molecule has 0 saturated carbocycles. The maximum atomic E-state index is 13.4. The summed E-state index contributed by atoms with van der Waals surface area (Å²) in [5.74, 6) is 0.0932. The van der Waals surface area contributed by atoms with E-state index in [1.807, 2.05) is 55.4 Å². The van der Waals surface area contributed by atoms with Gasteiger partial charge in [-0.05, 0) is 42.0 Å². The molecule has 0 aromatic heterocycles. The molecule has 2 aromatic rings. The number of anilines is 2. The number of hydrogen-bond acceptors (Lipinski definition) is 7. The Hall–Kier alpha value is -3.36. The minimum Gasteiger partial charge on any atom is -0.497 e. The van der Waals surface area contributed by atoms with Gasteiger partial charge in [-0.3, -0.25) is 19.4 Å². The third-order valence-electron chi connectivity index (χ3n) is 5.94. The zero-order chi connectivity index (χ0) is 23.4. The first-order chi connectivity index (χ1) is 16.0. The molecule has 4 rings (SSSR count). The highest BCUT2D eigenvalue weighted by atomic mass is 16.5. The number of amides is 2. The third kappa shape index (κ3) is 5.02. The van der Waals surface area contributed by atoms with Crippen molar-refractivity contribution in [3.8, 4) is 5.75 Å². The predicted molar refractivity (Wildman–Crippen MR) is 128 cm³/mol. The van der Waals surface area contributed by atoms with E-state index in [9.17, 15) is 9.59 Å². The molecule has 2 aromatic carbocycles. The maximum absolute atomic E-state index is 13.4. The lowest BCUT2D eigenvalue weighted by atomic mass is 10.0. The molecule has 8 heteroatoms. The van der Waals surface area contributed by atoms with Gasteiger partial charge in [0.05, 0.1) is 25.9 Å². The van der Waals surface area contributed by atoms with Crippen LogP contribution in [-0.2, 0) is 14.3 Å². The Labute approximate surface area is 194 Å². The van der Waals surface area contributed by atoms with Crippen molar-refractivity contribution in [3.63, 3.8) is 0 Å². The molecule has 1 fully saturated rings. The number of imide groups is 1. The molecule has 0 spiro atoms. The fourth-order valence-corrected chi connectivity index (χ4v) is 3.97. The van der Waals surface area contributed by atoms with E-state index in [-0.39, 0.29) is 11.8 Å². The number of methoxy groups -OCH3 is 1. The van der Waals surface area contributed by atoms with Gasteiger partial charge in [-0.25, -0.2) is 0 Å². The fourth-order valence-electron chi connectivity index (χ4n) is 3.97. The van der Waals surface area contributed by atoms with E-state index < -0.39 is 0 Å². The first-order valence-electron chi connectivity index (χ1n) is 11.1. The highest BCUT2D eigenvalue weighted by Crippen LogP contribution is 2.31. The SMILES string of the molecule is COc1ccc(C2=C(Nc3ccc(N(C)C)cc3)C(=O)N(CCN3CCOCC3)C2=O)cc1. The average molecular weight is 451 g/mol. The number of benzene rings is 2. The monoisotopic (exact) mass is 450 g/mol. The Morgan fingerprint density at radius 1 is 0.939 bits per heavy atom. The predicted octanol–water partition coefficient (Wildman–Crippen LogP) is 2.29. The van der Waals surface area contributed by atoms with Crippen LogP contribution in [0.25, 0.3) is 5.57 Å². The van der Waals surface area contributed by atoms with Crippen molar-refractivity contribution in [2.24, 2.45) is 0 Å². The van der Waals surface area contributed by atoms with Crippen LogP contribution >= 0.6 is 0 Å². The van der Waals surface area contributed by atoms with Gasteiger partial charge >= 0.3 is 0 Å². The van der Waals surface area contributed by atoms with E-state index in [0.717, 1.165) is 24.5 Å². The smallest absolute Gasteiger partial charge is 0.278 e. The Morgan fingerprint density at radius 2 is 1.61 bits per heavy atom. The van der Waals surface area contributed by atoms with E-state index in [2.05, 4.69) is 10.2 Å².